The second-order valence-electron chi connectivity index (χ2n) is 5.00. The first-order valence-electron chi connectivity index (χ1n) is 6.33. The van der Waals surface area contributed by atoms with Gasteiger partial charge in [-0.15, -0.1) is 0 Å². The van der Waals surface area contributed by atoms with E-state index in [1.807, 2.05) is 0 Å². The van der Waals surface area contributed by atoms with Gasteiger partial charge in [0.2, 0.25) is 0 Å². The van der Waals surface area contributed by atoms with Gasteiger partial charge >= 0.3 is 5.69 Å². The van der Waals surface area contributed by atoms with Crippen LogP contribution in [0.5, 0.6) is 0 Å². The fourth-order valence-corrected chi connectivity index (χ4v) is 2.48. The van der Waals surface area contributed by atoms with Crippen molar-refractivity contribution in [3.8, 4) is 0 Å². The molecular formula is C13H17N3O3. The number of hydrogen-bond donors (Lipinski definition) is 1. The van der Waals surface area contributed by atoms with E-state index in [9.17, 15) is 14.9 Å². The Hall–Kier alpha value is -2.11. The maximum Gasteiger partial charge on any atom is 0.304 e. The summed E-state index contributed by atoms with van der Waals surface area (Å²) in [6.45, 7) is 3.37. The SMILES string of the molecule is CC1CCCN(C(=O)c2cccc(N)c2[N+](=O)[O-])C1. The van der Waals surface area contributed by atoms with Gasteiger partial charge in [0.05, 0.1) is 4.92 Å². The molecule has 0 bridgehead atoms. The number of para-hydroxylation sites is 1. The van der Waals surface area contributed by atoms with E-state index in [1.54, 1.807) is 11.0 Å². The number of rotatable bonds is 2. The summed E-state index contributed by atoms with van der Waals surface area (Å²) in [4.78, 5) is 24.5. The van der Waals surface area contributed by atoms with Crippen LogP contribution >= 0.6 is 0 Å². The zero-order valence-electron chi connectivity index (χ0n) is 10.8. The number of carbonyl (C=O) groups is 1. The van der Waals surface area contributed by atoms with Crippen LogP contribution in [-0.4, -0.2) is 28.8 Å². The first kappa shape index (κ1) is 13.3. The second kappa shape index (κ2) is 5.26. The van der Waals surface area contributed by atoms with Crippen molar-refractivity contribution in [3.63, 3.8) is 0 Å². The van der Waals surface area contributed by atoms with Crippen molar-refractivity contribution >= 4 is 17.3 Å². The first-order chi connectivity index (χ1) is 9.00. The maximum absolute atomic E-state index is 12.4. The van der Waals surface area contributed by atoms with E-state index in [4.69, 9.17) is 5.73 Å². The van der Waals surface area contributed by atoms with Gasteiger partial charge in [-0.05, 0) is 30.9 Å². The monoisotopic (exact) mass is 263 g/mol. The molecule has 0 aliphatic carbocycles. The molecule has 6 nitrogen and oxygen atoms in total. The van der Waals surface area contributed by atoms with Gasteiger partial charge in [0.1, 0.15) is 11.3 Å². The number of benzene rings is 1. The van der Waals surface area contributed by atoms with Crippen molar-refractivity contribution in [2.45, 2.75) is 19.8 Å². The molecule has 1 aromatic rings. The van der Waals surface area contributed by atoms with Crippen molar-refractivity contribution in [2.24, 2.45) is 5.92 Å². The third-order valence-electron chi connectivity index (χ3n) is 3.42. The van der Waals surface area contributed by atoms with E-state index < -0.39 is 4.92 Å². The minimum absolute atomic E-state index is 0.0286. The lowest BCUT2D eigenvalue weighted by Gasteiger charge is -2.30. The van der Waals surface area contributed by atoms with Crippen molar-refractivity contribution < 1.29 is 9.72 Å². The molecule has 1 aromatic carbocycles. The summed E-state index contributed by atoms with van der Waals surface area (Å²) in [6.07, 6.45) is 2.02. The predicted octanol–water partition coefficient (Wildman–Crippen LogP) is 2.05. The number of piperidine rings is 1. The number of nitrogen functional groups attached to an aromatic ring is 1. The topological polar surface area (TPSA) is 89.5 Å². The average molecular weight is 263 g/mol. The number of nitrogens with two attached hydrogens (primary N) is 1. The highest BCUT2D eigenvalue weighted by atomic mass is 16.6. The van der Waals surface area contributed by atoms with E-state index >= 15 is 0 Å². The summed E-state index contributed by atoms with van der Waals surface area (Å²) in [5, 5.41) is 11.0. The van der Waals surface area contributed by atoms with Crippen molar-refractivity contribution in [3.05, 3.63) is 33.9 Å². The highest BCUT2D eigenvalue weighted by molar-refractivity contribution is 6.00. The highest BCUT2D eigenvalue weighted by Crippen LogP contribution is 2.28. The summed E-state index contributed by atoms with van der Waals surface area (Å²) in [6, 6.07) is 4.48. The summed E-state index contributed by atoms with van der Waals surface area (Å²) in [7, 11) is 0. The predicted molar refractivity (Wildman–Crippen MR) is 71.8 cm³/mol. The van der Waals surface area contributed by atoms with Crippen LogP contribution in [0.25, 0.3) is 0 Å². The zero-order valence-corrected chi connectivity index (χ0v) is 10.8. The van der Waals surface area contributed by atoms with Gasteiger partial charge in [0, 0.05) is 13.1 Å². The molecular weight excluding hydrogens is 246 g/mol. The summed E-state index contributed by atoms with van der Waals surface area (Å²) in [5.41, 5.74) is 5.43. The van der Waals surface area contributed by atoms with Gasteiger partial charge in [0.15, 0.2) is 0 Å². The number of nitrogens with zero attached hydrogens (tertiary/aromatic N) is 2. The first-order valence-corrected chi connectivity index (χ1v) is 6.33. The van der Waals surface area contributed by atoms with Crippen LogP contribution in [-0.2, 0) is 0 Å². The van der Waals surface area contributed by atoms with Crippen LogP contribution in [0.2, 0.25) is 0 Å². The zero-order chi connectivity index (χ0) is 14.0. The Morgan fingerprint density at radius 1 is 1.53 bits per heavy atom. The maximum atomic E-state index is 12.4. The van der Waals surface area contributed by atoms with E-state index in [-0.39, 0.29) is 22.8 Å². The fraction of sp³-hybridized carbons (Fsp3) is 0.462. The smallest absolute Gasteiger partial charge is 0.304 e. The molecule has 0 saturated carbocycles. The molecule has 1 aliphatic heterocycles. The van der Waals surface area contributed by atoms with E-state index in [1.165, 1.54) is 12.1 Å². The molecule has 2 rings (SSSR count). The number of nitro groups is 1. The normalized spacial score (nSPS) is 19.2. The van der Waals surface area contributed by atoms with Gasteiger partial charge in [-0.25, -0.2) is 0 Å². The fourth-order valence-electron chi connectivity index (χ4n) is 2.48. The summed E-state index contributed by atoms with van der Waals surface area (Å²) < 4.78 is 0. The Morgan fingerprint density at radius 3 is 2.89 bits per heavy atom. The van der Waals surface area contributed by atoms with Crippen LogP contribution in [0, 0.1) is 16.0 Å². The van der Waals surface area contributed by atoms with Crippen LogP contribution in [0.1, 0.15) is 30.1 Å². The number of amides is 1. The highest BCUT2D eigenvalue weighted by Gasteiger charge is 2.28. The quantitative estimate of drug-likeness (QED) is 0.502. The van der Waals surface area contributed by atoms with E-state index in [0.717, 1.165) is 12.8 Å². The molecule has 1 amide bonds. The molecule has 0 radical (unpaired) electrons. The van der Waals surface area contributed by atoms with Crippen LogP contribution in [0.4, 0.5) is 11.4 Å². The number of nitro benzene ring substituents is 1. The minimum Gasteiger partial charge on any atom is -0.393 e. The molecule has 1 heterocycles. The van der Waals surface area contributed by atoms with Crippen LogP contribution < -0.4 is 5.73 Å². The van der Waals surface area contributed by atoms with Gasteiger partial charge in [0.25, 0.3) is 5.91 Å². The Morgan fingerprint density at radius 2 is 2.26 bits per heavy atom. The van der Waals surface area contributed by atoms with Crippen LogP contribution in [0.3, 0.4) is 0 Å². The Balaban J connectivity index is 2.33. The van der Waals surface area contributed by atoms with E-state index in [2.05, 4.69) is 6.92 Å². The molecule has 2 N–H and O–H groups in total. The molecule has 6 heteroatoms. The third kappa shape index (κ3) is 2.67. The molecule has 0 aromatic heterocycles. The van der Waals surface area contributed by atoms with Gasteiger partial charge < -0.3 is 10.6 Å². The molecule has 0 spiro atoms. The number of hydrogen-bond acceptors (Lipinski definition) is 4. The molecule has 1 aliphatic rings. The van der Waals surface area contributed by atoms with Crippen molar-refractivity contribution in [1.29, 1.82) is 0 Å². The molecule has 1 unspecified atom stereocenters. The lowest BCUT2D eigenvalue weighted by Crippen LogP contribution is -2.39. The Labute approximate surface area is 111 Å². The molecule has 102 valence electrons. The molecule has 1 atom stereocenters. The second-order valence-corrected chi connectivity index (χ2v) is 5.00. The summed E-state index contributed by atoms with van der Waals surface area (Å²) in [5.74, 6) is 0.128. The summed E-state index contributed by atoms with van der Waals surface area (Å²) >= 11 is 0. The van der Waals surface area contributed by atoms with Crippen LogP contribution in [0.15, 0.2) is 18.2 Å². The average Bonchev–Trinajstić information content (AvgIpc) is 2.37. The van der Waals surface area contributed by atoms with E-state index in [0.29, 0.717) is 19.0 Å². The molecule has 1 fully saturated rings. The third-order valence-corrected chi connectivity index (χ3v) is 3.42. The standard InChI is InChI=1S/C13H17N3O3/c1-9-4-3-7-15(8-9)13(17)10-5-2-6-11(14)12(10)16(18)19/h2,5-6,9H,3-4,7-8,14H2,1H3. The Bertz CT molecular complexity index is 516. The van der Waals surface area contributed by atoms with Gasteiger partial charge in [-0.3, -0.25) is 14.9 Å². The minimum atomic E-state index is -0.587. The lowest BCUT2D eigenvalue weighted by atomic mass is 9.99. The number of carbonyl (C=O) groups excluding carboxylic acids is 1. The number of anilines is 1. The Kier molecular flexibility index (Phi) is 3.69. The van der Waals surface area contributed by atoms with Crippen molar-refractivity contribution in [1.82, 2.24) is 4.90 Å². The largest absolute Gasteiger partial charge is 0.393 e. The van der Waals surface area contributed by atoms with Gasteiger partial charge in [-0.1, -0.05) is 13.0 Å². The number of likely N-dealkylation sites (tertiary alicyclic amines) is 1. The molecule has 19 heavy (non-hydrogen) atoms. The van der Waals surface area contributed by atoms with Gasteiger partial charge in [-0.2, -0.15) is 0 Å². The van der Waals surface area contributed by atoms with Crippen molar-refractivity contribution in [2.75, 3.05) is 18.8 Å². The lowest BCUT2D eigenvalue weighted by molar-refractivity contribution is -0.384. The molecule has 1 saturated heterocycles.